The molecule has 0 bridgehead atoms. The van der Waals surface area contributed by atoms with Crippen LogP contribution in [-0.4, -0.2) is 36.7 Å². The molecule has 0 aliphatic heterocycles. The summed E-state index contributed by atoms with van der Waals surface area (Å²) >= 11 is 0. The third kappa shape index (κ3) is 5.67. The molecule has 0 unspecified atom stereocenters. The molecule has 1 rings (SSSR count). The lowest BCUT2D eigenvalue weighted by Gasteiger charge is -2.07. The molecule has 1 amide bonds. The molecule has 0 fully saturated rings. The molecule has 5 heteroatoms. The zero-order chi connectivity index (χ0) is 15.7. The van der Waals surface area contributed by atoms with Crippen LogP contribution in [0, 0.1) is 18.8 Å². The van der Waals surface area contributed by atoms with Crippen LogP contribution >= 0.6 is 0 Å². The van der Waals surface area contributed by atoms with E-state index in [4.69, 9.17) is 9.84 Å². The van der Waals surface area contributed by atoms with Crippen molar-refractivity contribution < 1.29 is 19.4 Å². The molecule has 0 aromatic heterocycles. The standard InChI is InChI=1S/C16H19NO4/c1-3-21-15(19)11-17-16(20)14-8-7-12(2)10-13(14)6-4-5-9-18/h7-8,10,18H,3,5,9,11H2,1-2H3,(H,17,20). The number of hydrogen-bond acceptors (Lipinski definition) is 4. The van der Waals surface area contributed by atoms with Crippen LogP contribution in [0.15, 0.2) is 18.2 Å². The van der Waals surface area contributed by atoms with Crippen LogP contribution in [0.25, 0.3) is 0 Å². The second kappa shape index (κ2) is 8.77. The maximum atomic E-state index is 12.1. The van der Waals surface area contributed by atoms with Gasteiger partial charge in [-0.15, -0.1) is 0 Å². The average Bonchev–Trinajstić information content (AvgIpc) is 2.45. The van der Waals surface area contributed by atoms with E-state index >= 15 is 0 Å². The normalized spacial score (nSPS) is 9.48. The number of aryl methyl sites for hydroxylation is 1. The zero-order valence-electron chi connectivity index (χ0n) is 12.2. The van der Waals surface area contributed by atoms with Crippen molar-refractivity contribution in [1.82, 2.24) is 5.32 Å². The summed E-state index contributed by atoms with van der Waals surface area (Å²) in [7, 11) is 0. The van der Waals surface area contributed by atoms with Gasteiger partial charge in [0.25, 0.3) is 5.91 Å². The summed E-state index contributed by atoms with van der Waals surface area (Å²) in [6.07, 6.45) is 0.345. The number of esters is 1. The van der Waals surface area contributed by atoms with Crippen LogP contribution in [-0.2, 0) is 9.53 Å². The van der Waals surface area contributed by atoms with E-state index in [9.17, 15) is 9.59 Å². The summed E-state index contributed by atoms with van der Waals surface area (Å²) in [5.74, 6) is 4.79. The number of aliphatic hydroxyl groups excluding tert-OH is 1. The number of benzene rings is 1. The van der Waals surface area contributed by atoms with E-state index < -0.39 is 5.97 Å². The van der Waals surface area contributed by atoms with Gasteiger partial charge in [0.15, 0.2) is 0 Å². The van der Waals surface area contributed by atoms with Crippen molar-refractivity contribution in [3.05, 3.63) is 34.9 Å². The monoisotopic (exact) mass is 289 g/mol. The summed E-state index contributed by atoms with van der Waals surface area (Å²) in [6.45, 7) is 3.68. The van der Waals surface area contributed by atoms with Crippen LogP contribution in [0.1, 0.15) is 34.8 Å². The number of nitrogens with one attached hydrogen (secondary N) is 1. The molecule has 0 saturated carbocycles. The Labute approximate surface area is 124 Å². The minimum absolute atomic E-state index is 0.0246. The van der Waals surface area contributed by atoms with E-state index in [1.54, 1.807) is 25.1 Å². The van der Waals surface area contributed by atoms with Crippen LogP contribution in [0.4, 0.5) is 0 Å². The molecule has 1 aromatic carbocycles. The van der Waals surface area contributed by atoms with Crippen molar-refractivity contribution in [3.8, 4) is 11.8 Å². The van der Waals surface area contributed by atoms with Gasteiger partial charge < -0.3 is 15.2 Å². The highest BCUT2D eigenvalue weighted by Crippen LogP contribution is 2.10. The fraction of sp³-hybridized carbons (Fsp3) is 0.375. The van der Waals surface area contributed by atoms with Gasteiger partial charge >= 0.3 is 5.97 Å². The first-order valence-corrected chi connectivity index (χ1v) is 6.72. The molecule has 0 aliphatic carbocycles. The molecule has 112 valence electrons. The summed E-state index contributed by atoms with van der Waals surface area (Å²) < 4.78 is 4.75. The first kappa shape index (κ1) is 16.7. The van der Waals surface area contributed by atoms with Crippen molar-refractivity contribution in [1.29, 1.82) is 0 Å². The number of carbonyl (C=O) groups excluding carboxylic acids is 2. The van der Waals surface area contributed by atoms with Crippen molar-refractivity contribution in [2.75, 3.05) is 19.8 Å². The number of aliphatic hydroxyl groups is 1. The Morgan fingerprint density at radius 1 is 1.38 bits per heavy atom. The molecule has 0 atom stereocenters. The van der Waals surface area contributed by atoms with Crippen molar-refractivity contribution in [2.45, 2.75) is 20.3 Å². The van der Waals surface area contributed by atoms with Crippen molar-refractivity contribution in [2.24, 2.45) is 0 Å². The van der Waals surface area contributed by atoms with Gasteiger partial charge in [-0.05, 0) is 31.5 Å². The lowest BCUT2D eigenvalue weighted by molar-refractivity contribution is -0.141. The molecule has 0 saturated heterocycles. The second-order valence-corrected chi connectivity index (χ2v) is 4.31. The number of rotatable bonds is 5. The fourth-order valence-corrected chi connectivity index (χ4v) is 1.63. The quantitative estimate of drug-likeness (QED) is 0.627. The predicted octanol–water partition coefficient (Wildman–Crippen LogP) is 1.02. The Hall–Kier alpha value is -2.32. The van der Waals surface area contributed by atoms with E-state index in [-0.39, 0.29) is 25.7 Å². The average molecular weight is 289 g/mol. The molecular weight excluding hydrogens is 270 g/mol. The smallest absolute Gasteiger partial charge is 0.325 e. The van der Waals surface area contributed by atoms with Gasteiger partial charge in [-0.2, -0.15) is 0 Å². The first-order valence-electron chi connectivity index (χ1n) is 6.72. The molecule has 0 radical (unpaired) electrons. The summed E-state index contributed by atoms with van der Waals surface area (Å²) in [5, 5.41) is 11.2. The topological polar surface area (TPSA) is 75.6 Å². The molecule has 0 heterocycles. The lowest BCUT2D eigenvalue weighted by Crippen LogP contribution is -2.31. The van der Waals surface area contributed by atoms with Gasteiger partial charge in [-0.25, -0.2) is 0 Å². The van der Waals surface area contributed by atoms with Crippen LogP contribution in [0.2, 0.25) is 0 Å². The predicted molar refractivity (Wildman–Crippen MR) is 78.7 cm³/mol. The zero-order valence-corrected chi connectivity index (χ0v) is 12.2. The van der Waals surface area contributed by atoms with Gasteiger partial charge in [-0.1, -0.05) is 17.9 Å². The molecular formula is C16H19NO4. The maximum Gasteiger partial charge on any atom is 0.325 e. The number of ether oxygens (including phenoxy) is 1. The van der Waals surface area contributed by atoms with E-state index in [0.29, 0.717) is 17.5 Å². The van der Waals surface area contributed by atoms with E-state index in [2.05, 4.69) is 17.2 Å². The minimum atomic E-state index is -0.481. The summed E-state index contributed by atoms with van der Waals surface area (Å²) in [6, 6.07) is 5.26. The Balaban J connectivity index is 2.84. The summed E-state index contributed by atoms with van der Waals surface area (Å²) in [5.41, 5.74) is 1.95. The Morgan fingerprint density at radius 2 is 2.14 bits per heavy atom. The molecule has 5 nitrogen and oxygen atoms in total. The highest BCUT2D eigenvalue weighted by molar-refractivity contribution is 5.98. The molecule has 2 N–H and O–H groups in total. The third-order valence-corrected chi connectivity index (χ3v) is 2.58. The second-order valence-electron chi connectivity index (χ2n) is 4.31. The van der Waals surface area contributed by atoms with Gasteiger partial charge in [0, 0.05) is 12.0 Å². The Morgan fingerprint density at radius 3 is 2.81 bits per heavy atom. The van der Waals surface area contributed by atoms with Gasteiger partial charge in [-0.3, -0.25) is 9.59 Å². The fourth-order valence-electron chi connectivity index (χ4n) is 1.63. The SMILES string of the molecule is CCOC(=O)CNC(=O)c1ccc(C)cc1C#CCCO. The van der Waals surface area contributed by atoms with E-state index in [1.807, 2.05) is 6.92 Å². The van der Waals surface area contributed by atoms with E-state index in [0.717, 1.165) is 5.56 Å². The maximum absolute atomic E-state index is 12.1. The first-order chi connectivity index (χ1) is 10.1. The number of amides is 1. The summed E-state index contributed by atoms with van der Waals surface area (Å²) in [4.78, 5) is 23.3. The van der Waals surface area contributed by atoms with Crippen LogP contribution in [0.5, 0.6) is 0 Å². The highest BCUT2D eigenvalue weighted by Gasteiger charge is 2.12. The molecule has 0 aliphatic rings. The minimum Gasteiger partial charge on any atom is -0.465 e. The molecule has 21 heavy (non-hydrogen) atoms. The van der Waals surface area contributed by atoms with Gasteiger partial charge in [0.05, 0.1) is 18.8 Å². The van der Waals surface area contributed by atoms with Crippen LogP contribution in [0.3, 0.4) is 0 Å². The molecule has 1 aromatic rings. The highest BCUT2D eigenvalue weighted by atomic mass is 16.5. The van der Waals surface area contributed by atoms with Gasteiger partial charge in [0.2, 0.25) is 0 Å². The largest absolute Gasteiger partial charge is 0.465 e. The van der Waals surface area contributed by atoms with Crippen LogP contribution < -0.4 is 5.32 Å². The number of hydrogen-bond donors (Lipinski definition) is 2. The third-order valence-electron chi connectivity index (χ3n) is 2.58. The Kier molecular flexibility index (Phi) is 6.99. The Bertz CT molecular complexity index is 569. The van der Waals surface area contributed by atoms with Crippen molar-refractivity contribution in [3.63, 3.8) is 0 Å². The number of carbonyl (C=O) groups is 2. The van der Waals surface area contributed by atoms with Gasteiger partial charge in [0.1, 0.15) is 6.54 Å². The van der Waals surface area contributed by atoms with Crippen molar-refractivity contribution >= 4 is 11.9 Å². The lowest BCUT2D eigenvalue weighted by atomic mass is 10.0. The molecule has 0 spiro atoms. The van der Waals surface area contributed by atoms with E-state index in [1.165, 1.54) is 0 Å².